The number of halogens is 7. The summed E-state index contributed by atoms with van der Waals surface area (Å²) in [4.78, 5) is 13.4. The summed E-state index contributed by atoms with van der Waals surface area (Å²) >= 11 is 1.07. The number of ether oxygens (including phenoxy) is 1. The molecule has 1 atom stereocenters. The van der Waals surface area contributed by atoms with Gasteiger partial charge in [0.25, 0.3) is 0 Å². The van der Waals surface area contributed by atoms with Crippen molar-refractivity contribution in [3.8, 4) is 5.75 Å². The van der Waals surface area contributed by atoms with Gasteiger partial charge < -0.3 is 14.7 Å². The summed E-state index contributed by atoms with van der Waals surface area (Å²) in [6.45, 7) is 2.22. The molecule has 1 fully saturated rings. The first kappa shape index (κ1) is 29.7. The third kappa shape index (κ3) is 7.36. The Morgan fingerprint density at radius 2 is 1.84 bits per heavy atom. The van der Waals surface area contributed by atoms with Crippen molar-refractivity contribution >= 4 is 23.6 Å². The van der Waals surface area contributed by atoms with Gasteiger partial charge in [0.1, 0.15) is 12.4 Å². The van der Waals surface area contributed by atoms with Crippen molar-refractivity contribution in [1.82, 2.24) is 4.31 Å². The lowest BCUT2D eigenvalue weighted by atomic mass is 9.90. The molecular weight excluding hydrogens is 529 g/mol. The van der Waals surface area contributed by atoms with Gasteiger partial charge in [-0.15, -0.1) is 0 Å². The molecule has 1 aliphatic carbocycles. The number of anilines is 1. The fourth-order valence-electron chi connectivity index (χ4n) is 4.45. The minimum Gasteiger partial charge on any atom is -0.492 e. The standard InChI is InChI=1S/C24H31F7N2O3S/c1-22(2,21(34)35)13-36-18-11-19-17(10-16(18)24(29,30)31)33(14-6-8-23(27,28)9-7-14)12-15(32(3)37-19)4-5-20(25)26/h10-11,14-15,20H,4-9,12-13H2,1-3H3,(H,34,35). The topological polar surface area (TPSA) is 53.0 Å². The van der Waals surface area contributed by atoms with E-state index in [4.69, 9.17) is 4.74 Å². The van der Waals surface area contributed by atoms with E-state index >= 15 is 0 Å². The summed E-state index contributed by atoms with van der Waals surface area (Å²) < 4.78 is 103. The van der Waals surface area contributed by atoms with Crippen LogP contribution in [0.4, 0.5) is 36.4 Å². The Morgan fingerprint density at radius 3 is 2.38 bits per heavy atom. The van der Waals surface area contributed by atoms with Crippen molar-refractivity contribution in [2.75, 3.05) is 25.1 Å². The molecule has 1 aliphatic heterocycles. The molecule has 0 spiro atoms. The average molecular weight is 561 g/mol. The molecule has 1 N–H and O–H groups in total. The van der Waals surface area contributed by atoms with Gasteiger partial charge in [-0.1, -0.05) is 0 Å². The number of hydrogen-bond donors (Lipinski definition) is 1. The van der Waals surface area contributed by atoms with Crippen LogP contribution in [-0.2, 0) is 11.0 Å². The van der Waals surface area contributed by atoms with Crippen molar-refractivity contribution in [2.45, 2.75) is 87.9 Å². The van der Waals surface area contributed by atoms with Crippen molar-refractivity contribution in [1.29, 1.82) is 0 Å². The number of likely N-dealkylation sites (N-methyl/N-ethyl adjacent to an activating group) is 1. The molecule has 1 saturated carbocycles. The van der Waals surface area contributed by atoms with Gasteiger partial charge in [0, 0.05) is 37.9 Å². The van der Waals surface area contributed by atoms with Crippen LogP contribution in [0.25, 0.3) is 0 Å². The molecule has 5 nitrogen and oxygen atoms in total. The first-order chi connectivity index (χ1) is 17.0. The smallest absolute Gasteiger partial charge is 0.420 e. The van der Waals surface area contributed by atoms with Gasteiger partial charge in [-0.2, -0.15) is 13.2 Å². The summed E-state index contributed by atoms with van der Waals surface area (Å²) in [5.41, 5.74) is -2.41. The van der Waals surface area contributed by atoms with E-state index in [0.717, 1.165) is 18.0 Å². The van der Waals surface area contributed by atoms with Crippen LogP contribution >= 0.6 is 11.9 Å². The van der Waals surface area contributed by atoms with Gasteiger partial charge in [0.15, 0.2) is 0 Å². The Kier molecular flexibility index (Phi) is 8.88. The Labute approximate surface area is 215 Å². The van der Waals surface area contributed by atoms with Crippen molar-refractivity contribution in [2.24, 2.45) is 5.41 Å². The molecule has 210 valence electrons. The molecule has 1 unspecified atom stereocenters. The predicted molar refractivity (Wildman–Crippen MR) is 126 cm³/mol. The first-order valence-electron chi connectivity index (χ1n) is 11.9. The number of alkyl halides is 7. The highest BCUT2D eigenvalue weighted by atomic mass is 32.2. The van der Waals surface area contributed by atoms with E-state index in [1.54, 1.807) is 16.3 Å². The van der Waals surface area contributed by atoms with Crippen LogP contribution in [0, 0.1) is 5.41 Å². The average Bonchev–Trinajstić information content (AvgIpc) is 2.90. The van der Waals surface area contributed by atoms with Crippen molar-refractivity contribution in [3.05, 3.63) is 17.7 Å². The minimum absolute atomic E-state index is 0.0504. The van der Waals surface area contributed by atoms with Crippen LogP contribution in [0.15, 0.2) is 17.0 Å². The molecule has 2 aliphatic rings. The van der Waals surface area contributed by atoms with E-state index in [9.17, 15) is 40.6 Å². The zero-order chi connectivity index (χ0) is 27.8. The lowest BCUT2D eigenvalue weighted by Crippen LogP contribution is -2.46. The molecule has 0 amide bonds. The van der Waals surface area contributed by atoms with Crippen LogP contribution in [0.1, 0.15) is 57.9 Å². The predicted octanol–water partition coefficient (Wildman–Crippen LogP) is 6.95. The van der Waals surface area contributed by atoms with Gasteiger partial charge in [-0.05, 0) is 64.2 Å². The molecule has 0 radical (unpaired) electrons. The third-order valence-electron chi connectivity index (χ3n) is 6.85. The van der Waals surface area contributed by atoms with Crippen LogP contribution in [0.5, 0.6) is 5.75 Å². The number of carboxylic acid groups (broad SMARTS) is 1. The summed E-state index contributed by atoms with van der Waals surface area (Å²) in [6, 6.07) is 1.12. The van der Waals surface area contributed by atoms with Gasteiger partial charge >= 0.3 is 12.1 Å². The molecule has 1 aromatic rings. The van der Waals surface area contributed by atoms with Crippen LogP contribution in [0.3, 0.4) is 0 Å². The molecule has 3 rings (SSSR count). The zero-order valence-electron chi connectivity index (χ0n) is 20.8. The quantitative estimate of drug-likeness (QED) is 0.275. The molecule has 1 aromatic carbocycles. The number of aliphatic carboxylic acids is 1. The van der Waals surface area contributed by atoms with Gasteiger partial charge in [-0.25, -0.2) is 21.9 Å². The number of carboxylic acids is 1. The van der Waals surface area contributed by atoms with Crippen LogP contribution < -0.4 is 9.64 Å². The first-order valence-corrected chi connectivity index (χ1v) is 12.7. The monoisotopic (exact) mass is 560 g/mol. The van der Waals surface area contributed by atoms with E-state index < -0.39 is 79.2 Å². The molecule has 0 aromatic heterocycles. The highest BCUT2D eigenvalue weighted by Gasteiger charge is 2.42. The maximum absolute atomic E-state index is 14.1. The minimum atomic E-state index is -4.85. The van der Waals surface area contributed by atoms with Crippen molar-refractivity contribution in [3.63, 3.8) is 0 Å². The molecule has 37 heavy (non-hydrogen) atoms. The summed E-state index contributed by atoms with van der Waals surface area (Å²) in [6.07, 6.45) is -8.46. The lowest BCUT2D eigenvalue weighted by Gasteiger charge is -2.40. The second kappa shape index (κ2) is 11.1. The number of fused-ring (bicyclic) bond motifs is 1. The lowest BCUT2D eigenvalue weighted by molar-refractivity contribution is -0.148. The number of rotatable bonds is 8. The highest BCUT2D eigenvalue weighted by Crippen LogP contribution is 2.48. The molecule has 0 bridgehead atoms. The van der Waals surface area contributed by atoms with Crippen LogP contribution in [0.2, 0.25) is 0 Å². The van der Waals surface area contributed by atoms with Gasteiger partial charge in [0.2, 0.25) is 12.3 Å². The zero-order valence-corrected chi connectivity index (χ0v) is 21.6. The molecule has 1 heterocycles. The maximum Gasteiger partial charge on any atom is 0.420 e. The van der Waals surface area contributed by atoms with Crippen LogP contribution in [-0.4, -0.2) is 60.0 Å². The number of nitrogens with zero attached hydrogens (tertiary/aromatic N) is 2. The number of carbonyl (C=O) groups is 1. The van der Waals surface area contributed by atoms with E-state index in [1.165, 1.54) is 19.9 Å². The van der Waals surface area contributed by atoms with E-state index in [0.29, 0.717) is 4.90 Å². The SMILES string of the molecule is CN1Sc2cc(OCC(C)(C)C(=O)O)c(C(F)(F)F)cc2N(C2CCC(F)(F)CC2)CC1CCC(F)F. The third-order valence-corrected chi connectivity index (χ3v) is 7.96. The molecule has 0 saturated heterocycles. The number of hydrogen-bond acceptors (Lipinski definition) is 5. The second-order valence-corrected chi connectivity index (χ2v) is 11.5. The normalized spacial score (nSPS) is 21.6. The largest absolute Gasteiger partial charge is 0.492 e. The van der Waals surface area contributed by atoms with E-state index in [2.05, 4.69) is 0 Å². The summed E-state index contributed by atoms with van der Waals surface area (Å²) in [5, 5.41) is 9.32. The fraction of sp³-hybridized carbons (Fsp3) is 0.708. The summed E-state index contributed by atoms with van der Waals surface area (Å²) in [7, 11) is 1.65. The Balaban J connectivity index is 2.05. The molecular formula is C24H31F7N2O3S. The maximum atomic E-state index is 14.1. The fourth-order valence-corrected chi connectivity index (χ4v) is 5.51. The Bertz CT molecular complexity index is 964. The van der Waals surface area contributed by atoms with Crippen molar-refractivity contribution < 1.29 is 45.4 Å². The Hall–Kier alpha value is -1.89. The van der Waals surface area contributed by atoms with Gasteiger partial charge in [-0.3, -0.25) is 4.79 Å². The second-order valence-electron chi connectivity index (χ2n) is 10.3. The van der Waals surface area contributed by atoms with Gasteiger partial charge in [0.05, 0.1) is 21.6 Å². The van der Waals surface area contributed by atoms with E-state index in [1.807, 2.05) is 0 Å². The number of benzene rings is 1. The van der Waals surface area contributed by atoms with E-state index in [-0.39, 0.29) is 31.5 Å². The highest BCUT2D eigenvalue weighted by molar-refractivity contribution is 7.97. The summed E-state index contributed by atoms with van der Waals surface area (Å²) in [5.74, 6) is -4.65. The molecule has 13 heteroatoms. The Morgan fingerprint density at radius 1 is 1.22 bits per heavy atom.